The van der Waals surface area contributed by atoms with Gasteiger partial charge in [-0.05, 0) is 36.5 Å². The average molecular weight is 256 g/mol. The van der Waals surface area contributed by atoms with Crippen molar-refractivity contribution in [1.29, 1.82) is 0 Å². The Kier molecular flexibility index (Phi) is 4.41. The van der Waals surface area contributed by atoms with Gasteiger partial charge in [0.2, 0.25) is 0 Å². The monoisotopic (exact) mass is 255 g/mol. The van der Waals surface area contributed by atoms with Crippen LogP contribution in [0.3, 0.4) is 0 Å². The Hall–Kier alpha value is -0.600. The normalized spacial score (nSPS) is 24.9. The highest BCUT2D eigenvalue weighted by atomic mass is 35.5. The number of hydrogen-bond acceptors (Lipinski definition) is 1. The first-order chi connectivity index (χ1) is 8.15. The van der Waals surface area contributed by atoms with Crippen LogP contribution in [0.2, 0.25) is 5.02 Å². The number of rotatable bonds is 3. The summed E-state index contributed by atoms with van der Waals surface area (Å²) in [5.74, 6) is 0.478. The highest BCUT2D eigenvalue weighted by Crippen LogP contribution is 2.24. The zero-order chi connectivity index (χ0) is 12.3. The molecule has 94 valence electrons. The van der Waals surface area contributed by atoms with Gasteiger partial charge in [-0.2, -0.15) is 0 Å². The van der Waals surface area contributed by atoms with Crippen LogP contribution in [-0.4, -0.2) is 6.04 Å². The van der Waals surface area contributed by atoms with Gasteiger partial charge in [-0.3, -0.25) is 0 Å². The van der Waals surface area contributed by atoms with Crippen molar-refractivity contribution in [2.24, 2.45) is 5.92 Å². The maximum absolute atomic E-state index is 13.2. The van der Waals surface area contributed by atoms with Gasteiger partial charge in [0.05, 0.1) is 5.02 Å². The fourth-order valence-corrected chi connectivity index (χ4v) is 2.65. The molecule has 0 aliphatic heterocycles. The van der Waals surface area contributed by atoms with E-state index in [-0.39, 0.29) is 10.8 Å². The van der Waals surface area contributed by atoms with E-state index in [1.54, 1.807) is 6.07 Å². The fraction of sp³-hybridized carbons (Fsp3) is 0.571. The predicted molar refractivity (Wildman–Crippen MR) is 69.7 cm³/mol. The molecule has 2 rings (SSSR count). The number of hydrogen-bond donors (Lipinski definition) is 1. The Labute approximate surface area is 107 Å². The molecule has 1 aromatic carbocycles. The third-order valence-electron chi connectivity index (χ3n) is 3.52. The molecule has 0 saturated heterocycles. The molecule has 3 heteroatoms. The molecule has 1 aliphatic rings. The van der Waals surface area contributed by atoms with Crippen molar-refractivity contribution in [2.75, 3.05) is 0 Å². The highest BCUT2D eigenvalue weighted by molar-refractivity contribution is 6.30. The van der Waals surface area contributed by atoms with E-state index in [1.165, 1.54) is 31.7 Å². The molecular formula is C14H19ClFN. The van der Waals surface area contributed by atoms with Gasteiger partial charge in [-0.1, -0.05) is 37.4 Å². The summed E-state index contributed by atoms with van der Waals surface area (Å²) in [6.45, 7) is 3.03. The quantitative estimate of drug-likeness (QED) is 0.856. The van der Waals surface area contributed by atoms with Crippen molar-refractivity contribution in [1.82, 2.24) is 5.32 Å². The van der Waals surface area contributed by atoms with Crippen LogP contribution in [0.25, 0.3) is 0 Å². The van der Waals surface area contributed by atoms with E-state index in [9.17, 15) is 4.39 Å². The molecule has 0 aromatic heterocycles. The molecule has 0 bridgehead atoms. The van der Waals surface area contributed by atoms with E-state index < -0.39 is 0 Å². The summed E-state index contributed by atoms with van der Waals surface area (Å²) < 4.78 is 13.2. The second-order valence-corrected chi connectivity index (χ2v) is 5.51. The Morgan fingerprint density at radius 1 is 1.41 bits per heavy atom. The lowest BCUT2D eigenvalue weighted by Gasteiger charge is -2.27. The van der Waals surface area contributed by atoms with Gasteiger partial charge in [-0.25, -0.2) is 4.39 Å². The first-order valence-electron chi connectivity index (χ1n) is 6.32. The van der Waals surface area contributed by atoms with E-state index in [0.29, 0.717) is 6.04 Å². The molecule has 1 N–H and O–H groups in total. The van der Waals surface area contributed by atoms with E-state index in [4.69, 9.17) is 11.6 Å². The van der Waals surface area contributed by atoms with E-state index in [0.717, 1.165) is 18.0 Å². The first-order valence-corrected chi connectivity index (χ1v) is 6.70. The average Bonchev–Trinajstić information content (AvgIpc) is 2.31. The van der Waals surface area contributed by atoms with Crippen molar-refractivity contribution < 1.29 is 4.39 Å². The molecule has 0 heterocycles. The minimum atomic E-state index is -0.331. The van der Waals surface area contributed by atoms with Crippen molar-refractivity contribution in [3.05, 3.63) is 34.6 Å². The molecule has 1 saturated carbocycles. The summed E-state index contributed by atoms with van der Waals surface area (Å²) in [4.78, 5) is 0. The van der Waals surface area contributed by atoms with Crippen molar-refractivity contribution in [2.45, 2.75) is 45.2 Å². The Morgan fingerprint density at radius 2 is 2.24 bits per heavy atom. The SMILES string of the molecule is CC1CCCC(NCc2ccc(Cl)c(F)c2)C1. The number of benzene rings is 1. The largest absolute Gasteiger partial charge is 0.310 e. The zero-order valence-corrected chi connectivity index (χ0v) is 10.9. The van der Waals surface area contributed by atoms with E-state index >= 15 is 0 Å². The molecule has 0 spiro atoms. The summed E-state index contributed by atoms with van der Waals surface area (Å²) >= 11 is 5.65. The van der Waals surface area contributed by atoms with Crippen LogP contribution in [0.15, 0.2) is 18.2 Å². The van der Waals surface area contributed by atoms with Gasteiger partial charge in [0.1, 0.15) is 5.82 Å². The first kappa shape index (κ1) is 12.8. The van der Waals surface area contributed by atoms with Crippen LogP contribution in [0.1, 0.15) is 38.2 Å². The molecule has 1 aliphatic carbocycles. The highest BCUT2D eigenvalue weighted by Gasteiger charge is 2.18. The van der Waals surface area contributed by atoms with Gasteiger partial charge < -0.3 is 5.32 Å². The summed E-state index contributed by atoms with van der Waals surface area (Å²) in [7, 11) is 0. The summed E-state index contributed by atoms with van der Waals surface area (Å²) in [6, 6.07) is 5.60. The standard InChI is InChI=1S/C14H19ClFN/c1-10-3-2-4-12(7-10)17-9-11-5-6-13(15)14(16)8-11/h5-6,8,10,12,17H,2-4,7,9H2,1H3. The van der Waals surface area contributed by atoms with Gasteiger partial charge in [-0.15, -0.1) is 0 Å². The van der Waals surface area contributed by atoms with Crippen LogP contribution >= 0.6 is 11.6 Å². The van der Waals surface area contributed by atoms with Crippen LogP contribution < -0.4 is 5.32 Å². The lowest BCUT2D eigenvalue weighted by molar-refractivity contribution is 0.300. The summed E-state index contributed by atoms with van der Waals surface area (Å²) in [5, 5.41) is 3.70. The Morgan fingerprint density at radius 3 is 2.94 bits per heavy atom. The minimum absolute atomic E-state index is 0.194. The zero-order valence-electron chi connectivity index (χ0n) is 10.2. The fourth-order valence-electron chi connectivity index (χ4n) is 2.53. The van der Waals surface area contributed by atoms with Crippen LogP contribution in [0, 0.1) is 11.7 Å². The Balaban J connectivity index is 1.86. The van der Waals surface area contributed by atoms with E-state index in [2.05, 4.69) is 12.2 Å². The second-order valence-electron chi connectivity index (χ2n) is 5.10. The molecular weight excluding hydrogens is 237 g/mol. The van der Waals surface area contributed by atoms with Gasteiger partial charge in [0, 0.05) is 12.6 Å². The van der Waals surface area contributed by atoms with Crippen LogP contribution in [-0.2, 0) is 6.54 Å². The second kappa shape index (κ2) is 5.83. The summed E-state index contributed by atoms with van der Waals surface area (Å²) in [6.07, 6.45) is 5.11. The minimum Gasteiger partial charge on any atom is -0.310 e. The summed E-state index contributed by atoms with van der Waals surface area (Å²) in [5.41, 5.74) is 0.963. The van der Waals surface area contributed by atoms with Crippen molar-refractivity contribution in [3.8, 4) is 0 Å². The molecule has 1 fully saturated rings. The van der Waals surface area contributed by atoms with Crippen LogP contribution in [0.4, 0.5) is 4.39 Å². The number of halogens is 2. The van der Waals surface area contributed by atoms with E-state index in [1.807, 2.05) is 6.07 Å². The maximum atomic E-state index is 13.2. The molecule has 17 heavy (non-hydrogen) atoms. The van der Waals surface area contributed by atoms with Crippen molar-refractivity contribution >= 4 is 11.6 Å². The lowest BCUT2D eigenvalue weighted by atomic mass is 9.87. The molecule has 1 nitrogen and oxygen atoms in total. The third kappa shape index (κ3) is 3.68. The van der Waals surface area contributed by atoms with Gasteiger partial charge in [0.15, 0.2) is 0 Å². The lowest BCUT2D eigenvalue weighted by Crippen LogP contribution is -2.33. The molecule has 0 amide bonds. The molecule has 2 unspecified atom stereocenters. The number of nitrogens with one attached hydrogen (secondary N) is 1. The smallest absolute Gasteiger partial charge is 0.142 e. The molecule has 1 aromatic rings. The van der Waals surface area contributed by atoms with Gasteiger partial charge in [0.25, 0.3) is 0 Å². The Bertz CT molecular complexity index is 380. The van der Waals surface area contributed by atoms with Crippen molar-refractivity contribution in [3.63, 3.8) is 0 Å². The predicted octanol–water partition coefficient (Wildman–Crippen LogP) is 4.15. The molecule has 2 atom stereocenters. The maximum Gasteiger partial charge on any atom is 0.142 e. The van der Waals surface area contributed by atoms with Gasteiger partial charge >= 0.3 is 0 Å². The van der Waals surface area contributed by atoms with Crippen LogP contribution in [0.5, 0.6) is 0 Å². The molecule has 0 radical (unpaired) electrons. The third-order valence-corrected chi connectivity index (χ3v) is 3.82. The topological polar surface area (TPSA) is 12.0 Å².